The first-order valence-corrected chi connectivity index (χ1v) is 9.16. The lowest BCUT2D eigenvalue weighted by Crippen LogP contribution is -2.20. The molecular weight excluding hydrogens is 374 g/mol. The molecule has 1 amide bonds. The molecule has 0 aliphatic rings. The van der Waals surface area contributed by atoms with E-state index < -0.39 is 0 Å². The lowest BCUT2D eigenvalue weighted by molar-refractivity contribution is -0.123. The number of nitrogens with one attached hydrogen (secondary N) is 2. The minimum absolute atomic E-state index is 0.00997. The quantitative estimate of drug-likeness (QED) is 0.536. The first-order chi connectivity index (χ1) is 13.8. The van der Waals surface area contributed by atoms with Crippen molar-refractivity contribution in [3.63, 3.8) is 0 Å². The maximum atomic E-state index is 11.7. The van der Waals surface area contributed by atoms with Gasteiger partial charge in [-0.15, -0.1) is 0 Å². The summed E-state index contributed by atoms with van der Waals surface area (Å²) in [6, 6.07) is 2.03. The number of hydrogen-bond acceptors (Lipinski definition) is 5. The second kappa shape index (κ2) is 9.67. The van der Waals surface area contributed by atoms with Gasteiger partial charge in [0.2, 0.25) is 5.91 Å². The Labute approximate surface area is 169 Å². The topological polar surface area (TPSA) is 131 Å². The molecule has 0 aliphatic heterocycles. The minimum atomic E-state index is -0.250. The molecule has 0 saturated carbocycles. The molecule has 0 spiro atoms. The van der Waals surface area contributed by atoms with Gasteiger partial charge in [-0.3, -0.25) is 9.59 Å². The smallest absolute Gasteiger partial charge is 0.290 e. The predicted octanol–water partition coefficient (Wildman–Crippen LogP) is 1.46. The van der Waals surface area contributed by atoms with Crippen LogP contribution in [0, 0.1) is 0 Å². The summed E-state index contributed by atoms with van der Waals surface area (Å²) in [5.41, 5.74) is 2.01. The van der Waals surface area contributed by atoms with Crippen molar-refractivity contribution in [3.05, 3.63) is 42.5 Å². The van der Waals surface area contributed by atoms with Gasteiger partial charge in [0.1, 0.15) is 0 Å². The van der Waals surface area contributed by atoms with E-state index in [0.29, 0.717) is 12.4 Å². The van der Waals surface area contributed by atoms with Crippen LogP contribution in [0.2, 0.25) is 0 Å². The van der Waals surface area contributed by atoms with Crippen molar-refractivity contribution in [2.24, 2.45) is 0 Å². The van der Waals surface area contributed by atoms with E-state index in [9.17, 15) is 4.79 Å². The van der Waals surface area contributed by atoms with Crippen LogP contribution in [0.3, 0.4) is 0 Å². The maximum absolute atomic E-state index is 11.7. The number of likely N-dealkylation sites (N-methyl/N-ethyl adjacent to an activating group) is 1. The first kappa shape index (κ1) is 21.9. The molecule has 0 unspecified atom stereocenters. The monoisotopic (exact) mass is 401 g/mol. The summed E-state index contributed by atoms with van der Waals surface area (Å²) in [6.45, 7) is 6.85. The fourth-order valence-corrected chi connectivity index (χ4v) is 2.66. The van der Waals surface area contributed by atoms with Gasteiger partial charge in [-0.1, -0.05) is 0 Å². The molecule has 3 rings (SSSR count). The van der Waals surface area contributed by atoms with E-state index in [2.05, 4.69) is 56.9 Å². The van der Waals surface area contributed by atoms with Crippen LogP contribution < -0.4 is 5.32 Å². The van der Waals surface area contributed by atoms with Gasteiger partial charge in [-0.25, -0.2) is 14.6 Å². The van der Waals surface area contributed by atoms with E-state index in [0.717, 1.165) is 23.5 Å². The number of aromatic amines is 1. The molecule has 0 aliphatic carbocycles. The lowest BCUT2D eigenvalue weighted by Gasteiger charge is -2.20. The SMILES string of the molecule is CNC(=O)Cc1nc(-c2ccn(C(C)(C)C)c2)n(CCc2cnc[nH]2)n1.O=CO. The third-order valence-corrected chi connectivity index (χ3v) is 4.19. The van der Waals surface area contributed by atoms with Gasteiger partial charge in [0.25, 0.3) is 6.47 Å². The number of carboxylic acid groups (broad SMARTS) is 1. The van der Waals surface area contributed by atoms with E-state index in [4.69, 9.17) is 9.90 Å². The molecule has 3 heterocycles. The molecule has 10 heteroatoms. The Kier molecular flexibility index (Phi) is 7.29. The molecule has 29 heavy (non-hydrogen) atoms. The summed E-state index contributed by atoms with van der Waals surface area (Å²) in [4.78, 5) is 31.8. The average Bonchev–Trinajstić information content (AvgIpc) is 3.40. The zero-order chi connectivity index (χ0) is 21.4. The molecule has 10 nitrogen and oxygen atoms in total. The number of rotatable bonds is 6. The van der Waals surface area contributed by atoms with Crippen molar-refractivity contribution in [2.75, 3.05) is 7.05 Å². The summed E-state index contributed by atoms with van der Waals surface area (Å²) in [5, 5.41) is 14.1. The molecule has 0 aromatic carbocycles. The highest BCUT2D eigenvalue weighted by atomic mass is 16.3. The zero-order valence-electron chi connectivity index (χ0n) is 17.1. The fourth-order valence-electron chi connectivity index (χ4n) is 2.66. The number of carbonyl (C=O) groups is 2. The number of carbonyl (C=O) groups excluding carboxylic acids is 1. The number of aromatic nitrogens is 6. The number of nitrogens with zero attached hydrogens (tertiary/aromatic N) is 5. The molecule has 0 atom stereocenters. The van der Waals surface area contributed by atoms with Crippen LogP contribution in [0.1, 0.15) is 32.3 Å². The standard InChI is InChI=1S/C18H25N7O.CH2O2/c1-18(2,3)24-7-5-13(11-24)17-22-15(9-16(26)19-4)23-25(17)8-6-14-10-20-12-21-14;2-1-3/h5,7,10-12H,6,8-9H2,1-4H3,(H,19,26)(H,20,21);1H,(H,2,3). The first-order valence-electron chi connectivity index (χ1n) is 9.16. The van der Waals surface area contributed by atoms with Crippen molar-refractivity contribution < 1.29 is 14.7 Å². The van der Waals surface area contributed by atoms with Crippen LogP contribution >= 0.6 is 0 Å². The summed E-state index contributed by atoms with van der Waals surface area (Å²) in [7, 11) is 1.61. The van der Waals surface area contributed by atoms with Crippen LogP contribution in [-0.2, 0) is 34.5 Å². The molecule has 0 bridgehead atoms. The molecule has 3 N–H and O–H groups in total. The van der Waals surface area contributed by atoms with Crippen LogP contribution in [0.25, 0.3) is 11.4 Å². The van der Waals surface area contributed by atoms with E-state index in [1.165, 1.54) is 0 Å². The van der Waals surface area contributed by atoms with Crippen LogP contribution in [0.5, 0.6) is 0 Å². The fraction of sp³-hybridized carbons (Fsp3) is 0.421. The summed E-state index contributed by atoms with van der Waals surface area (Å²) in [6.07, 6.45) is 8.51. The highest BCUT2D eigenvalue weighted by Gasteiger charge is 2.18. The van der Waals surface area contributed by atoms with Crippen molar-refractivity contribution >= 4 is 12.4 Å². The minimum Gasteiger partial charge on any atom is -0.483 e. The Morgan fingerprint density at radius 1 is 1.38 bits per heavy atom. The number of imidazole rings is 1. The third-order valence-electron chi connectivity index (χ3n) is 4.19. The van der Waals surface area contributed by atoms with Gasteiger partial charge >= 0.3 is 0 Å². The summed E-state index contributed by atoms with van der Waals surface area (Å²) < 4.78 is 4.01. The predicted molar refractivity (Wildman–Crippen MR) is 107 cm³/mol. The van der Waals surface area contributed by atoms with Gasteiger partial charge in [0.05, 0.1) is 12.7 Å². The maximum Gasteiger partial charge on any atom is 0.290 e. The third kappa shape index (κ3) is 6.03. The number of hydrogen-bond donors (Lipinski definition) is 3. The Morgan fingerprint density at radius 3 is 2.66 bits per heavy atom. The van der Waals surface area contributed by atoms with Crippen molar-refractivity contribution in [2.45, 2.75) is 45.7 Å². The van der Waals surface area contributed by atoms with E-state index >= 15 is 0 Å². The molecule has 0 radical (unpaired) electrons. The molecular formula is C19H27N7O3. The van der Waals surface area contributed by atoms with E-state index in [-0.39, 0.29) is 24.3 Å². The Morgan fingerprint density at radius 2 is 2.10 bits per heavy atom. The number of H-pyrrole nitrogens is 1. The Hall–Kier alpha value is -3.43. The second-order valence-electron chi connectivity index (χ2n) is 7.34. The normalized spacial score (nSPS) is 10.9. The van der Waals surface area contributed by atoms with Gasteiger partial charge in [0.15, 0.2) is 11.6 Å². The van der Waals surface area contributed by atoms with Crippen molar-refractivity contribution in [3.8, 4) is 11.4 Å². The average molecular weight is 401 g/mol. The van der Waals surface area contributed by atoms with Crippen molar-refractivity contribution in [1.82, 2.24) is 34.6 Å². The van der Waals surface area contributed by atoms with Crippen LogP contribution in [0.4, 0.5) is 0 Å². The molecule has 156 valence electrons. The number of aryl methyl sites for hydroxylation is 2. The van der Waals surface area contributed by atoms with Gasteiger partial charge in [-0.2, -0.15) is 5.10 Å². The molecule has 3 aromatic rings. The highest BCUT2D eigenvalue weighted by molar-refractivity contribution is 5.77. The second-order valence-corrected chi connectivity index (χ2v) is 7.34. The zero-order valence-corrected chi connectivity index (χ0v) is 17.1. The Balaban J connectivity index is 0.000000941. The molecule has 0 fully saturated rings. The summed E-state index contributed by atoms with van der Waals surface area (Å²) >= 11 is 0. The molecule has 3 aromatic heterocycles. The summed E-state index contributed by atoms with van der Waals surface area (Å²) in [5.74, 6) is 1.19. The van der Waals surface area contributed by atoms with E-state index in [1.54, 1.807) is 19.6 Å². The van der Waals surface area contributed by atoms with Gasteiger partial charge in [0, 0.05) is 55.4 Å². The molecule has 0 saturated heterocycles. The van der Waals surface area contributed by atoms with Crippen LogP contribution in [-0.4, -0.2) is 53.8 Å². The Bertz CT molecular complexity index is 920. The van der Waals surface area contributed by atoms with Crippen LogP contribution in [0.15, 0.2) is 31.0 Å². The van der Waals surface area contributed by atoms with Crippen molar-refractivity contribution in [1.29, 1.82) is 0 Å². The van der Waals surface area contributed by atoms with E-state index in [1.807, 2.05) is 16.9 Å². The number of amides is 1. The van der Waals surface area contributed by atoms with Gasteiger partial charge in [-0.05, 0) is 26.8 Å². The van der Waals surface area contributed by atoms with Gasteiger partial charge < -0.3 is 20.0 Å². The highest BCUT2D eigenvalue weighted by Crippen LogP contribution is 2.23. The lowest BCUT2D eigenvalue weighted by atomic mass is 10.1. The largest absolute Gasteiger partial charge is 0.483 e.